The van der Waals surface area contributed by atoms with Crippen LogP contribution >= 0.6 is 0 Å². The highest BCUT2D eigenvalue weighted by Gasteiger charge is 2.15. The van der Waals surface area contributed by atoms with Crippen LogP contribution in [0.25, 0.3) is 0 Å². The number of hydrogen-bond donors (Lipinski definition) is 3. The Morgan fingerprint density at radius 3 is 2.74 bits per heavy atom. The number of rotatable bonds is 5. The van der Waals surface area contributed by atoms with Crippen molar-refractivity contribution in [3.05, 3.63) is 30.0 Å². The Bertz CT molecular complexity index is 651. The first kappa shape index (κ1) is 13.4. The van der Waals surface area contributed by atoms with Crippen molar-refractivity contribution in [1.29, 1.82) is 0 Å². The van der Waals surface area contributed by atoms with Gasteiger partial charge in [0.15, 0.2) is 5.82 Å². The van der Waals surface area contributed by atoms with Gasteiger partial charge in [0.2, 0.25) is 15.9 Å². The first-order valence-corrected chi connectivity index (χ1v) is 6.71. The Morgan fingerprint density at radius 2 is 2.21 bits per heavy atom. The number of nitrogen functional groups attached to an aromatic ring is 1. The van der Waals surface area contributed by atoms with Gasteiger partial charge in [-0.25, -0.2) is 24.0 Å². The van der Waals surface area contributed by atoms with E-state index in [2.05, 4.69) is 25.3 Å². The lowest BCUT2D eigenvalue weighted by Gasteiger charge is -2.05. The van der Waals surface area contributed by atoms with E-state index in [0.29, 0.717) is 11.6 Å². The van der Waals surface area contributed by atoms with Gasteiger partial charge in [0.05, 0.1) is 6.54 Å². The molecule has 10 heteroatoms. The number of nitrogens with two attached hydrogens (primary N) is 1. The Morgan fingerprint density at radius 1 is 1.42 bits per heavy atom. The summed E-state index contributed by atoms with van der Waals surface area (Å²) in [6.07, 6.45) is 1.19. The molecule has 0 aliphatic heterocycles. The van der Waals surface area contributed by atoms with Crippen molar-refractivity contribution in [3.8, 4) is 0 Å². The molecular weight excluding hydrogens is 272 g/mol. The molecule has 0 fully saturated rings. The molecule has 4 N–H and O–H groups in total. The van der Waals surface area contributed by atoms with Gasteiger partial charge in [0.1, 0.15) is 10.7 Å². The number of nitrogens with zero attached hydrogens (tertiary/aromatic N) is 3. The fraction of sp³-hybridized carbons (Fsp3) is 0.222. The summed E-state index contributed by atoms with van der Waals surface area (Å²) in [5.74, 6) is 6.14. The SMILES string of the molecule is Cc1noc(CNS(=O)(=O)c2ccc(NN)nc2)n1. The van der Waals surface area contributed by atoms with Gasteiger partial charge in [0.25, 0.3) is 0 Å². The maximum atomic E-state index is 11.9. The predicted octanol–water partition coefficient (Wildman–Crippen LogP) is -0.463. The molecule has 0 atom stereocenters. The number of anilines is 1. The first-order valence-electron chi connectivity index (χ1n) is 5.23. The molecular formula is C9H12N6O3S. The summed E-state index contributed by atoms with van der Waals surface area (Å²) in [4.78, 5) is 7.72. The lowest BCUT2D eigenvalue weighted by Crippen LogP contribution is -2.23. The average Bonchev–Trinajstić information content (AvgIpc) is 2.82. The fourth-order valence-corrected chi connectivity index (χ4v) is 2.20. The van der Waals surface area contributed by atoms with E-state index in [1.54, 1.807) is 6.92 Å². The van der Waals surface area contributed by atoms with Crippen LogP contribution in [-0.2, 0) is 16.6 Å². The molecule has 0 radical (unpaired) electrons. The van der Waals surface area contributed by atoms with Crippen LogP contribution in [0.15, 0.2) is 27.7 Å². The summed E-state index contributed by atoms with van der Waals surface area (Å²) >= 11 is 0. The van der Waals surface area contributed by atoms with Crippen LogP contribution in [0.4, 0.5) is 5.82 Å². The van der Waals surface area contributed by atoms with E-state index in [4.69, 9.17) is 10.4 Å². The molecule has 2 aromatic rings. The number of sulfonamides is 1. The molecule has 0 amide bonds. The van der Waals surface area contributed by atoms with E-state index >= 15 is 0 Å². The number of aromatic nitrogens is 3. The Kier molecular flexibility index (Phi) is 3.74. The van der Waals surface area contributed by atoms with Crippen molar-refractivity contribution in [1.82, 2.24) is 19.8 Å². The second-order valence-corrected chi connectivity index (χ2v) is 5.35. The molecule has 0 aliphatic carbocycles. The fourth-order valence-electron chi connectivity index (χ4n) is 1.28. The normalized spacial score (nSPS) is 11.5. The number of nitrogens with one attached hydrogen (secondary N) is 2. The Hall–Kier alpha value is -2.04. The van der Waals surface area contributed by atoms with Gasteiger partial charge in [-0.3, -0.25) is 0 Å². The van der Waals surface area contributed by atoms with E-state index in [0.717, 1.165) is 0 Å². The maximum Gasteiger partial charge on any atom is 0.242 e. The summed E-state index contributed by atoms with van der Waals surface area (Å²) in [5.41, 5.74) is 2.31. The van der Waals surface area contributed by atoms with Crippen LogP contribution in [0, 0.1) is 6.92 Å². The summed E-state index contributed by atoms with van der Waals surface area (Å²) in [6.45, 7) is 1.56. The highest BCUT2D eigenvalue weighted by Crippen LogP contribution is 2.10. The van der Waals surface area contributed by atoms with Crippen LogP contribution in [0.3, 0.4) is 0 Å². The van der Waals surface area contributed by atoms with Crippen LogP contribution < -0.4 is 16.0 Å². The van der Waals surface area contributed by atoms with Crippen molar-refractivity contribution in [2.45, 2.75) is 18.4 Å². The zero-order valence-corrected chi connectivity index (χ0v) is 10.8. The molecule has 2 rings (SSSR count). The minimum Gasteiger partial charge on any atom is -0.338 e. The van der Waals surface area contributed by atoms with Gasteiger partial charge < -0.3 is 9.95 Å². The van der Waals surface area contributed by atoms with Crippen molar-refractivity contribution in [2.24, 2.45) is 5.84 Å². The Balaban J connectivity index is 2.09. The molecule has 19 heavy (non-hydrogen) atoms. The van der Waals surface area contributed by atoms with Gasteiger partial charge in [0, 0.05) is 6.20 Å². The van der Waals surface area contributed by atoms with Gasteiger partial charge in [-0.2, -0.15) is 4.98 Å². The van der Waals surface area contributed by atoms with Gasteiger partial charge in [-0.15, -0.1) is 0 Å². The van der Waals surface area contributed by atoms with Gasteiger partial charge >= 0.3 is 0 Å². The molecule has 0 aromatic carbocycles. The third-order valence-electron chi connectivity index (χ3n) is 2.18. The predicted molar refractivity (Wildman–Crippen MR) is 65.1 cm³/mol. The van der Waals surface area contributed by atoms with Crippen LogP contribution in [-0.4, -0.2) is 23.5 Å². The zero-order valence-electron chi connectivity index (χ0n) is 9.99. The lowest BCUT2D eigenvalue weighted by molar-refractivity contribution is 0.372. The smallest absolute Gasteiger partial charge is 0.242 e. The van der Waals surface area contributed by atoms with Crippen molar-refractivity contribution in [2.75, 3.05) is 5.43 Å². The third kappa shape index (κ3) is 3.24. The maximum absolute atomic E-state index is 11.9. The number of pyridine rings is 1. The van der Waals surface area contributed by atoms with Crippen LogP contribution in [0.5, 0.6) is 0 Å². The van der Waals surface area contributed by atoms with Crippen molar-refractivity contribution >= 4 is 15.8 Å². The summed E-state index contributed by atoms with van der Waals surface area (Å²) in [7, 11) is -3.68. The highest BCUT2D eigenvalue weighted by atomic mass is 32.2. The molecule has 0 unspecified atom stereocenters. The topological polar surface area (TPSA) is 136 Å². The second kappa shape index (κ2) is 5.30. The molecule has 2 heterocycles. The van der Waals surface area contributed by atoms with E-state index < -0.39 is 10.0 Å². The minimum atomic E-state index is -3.68. The first-order chi connectivity index (χ1) is 9.01. The quantitative estimate of drug-likeness (QED) is 0.495. The van der Waals surface area contributed by atoms with Crippen LogP contribution in [0.2, 0.25) is 0 Å². The summed E-state index contributed by atoms with van der Waals surface area (Å²) in [5, 5.41) is 3.56. The zero-order chi connectivity index (χ0) is 13.9. The average molecular weight is 284 g/mol. The highest BCUT2D eigenvalue weighted by molar-refractivity contribution is 7.89. The number of hydrazine groups is 1. The number of hydrogen-bond acceptors (Lipinski definition) is 8. The van der Waals surface area contributed by atoms with E-state index in [1.807, 2.05) is 0 Å². The molecule has 102 valence electrons. The van der Waals surface area contributed by atoms with Crippen molar-refractivity contribution < 1.29 is 12.9 Å². The largest absolute Gasteiger partial charge is 0.338 e. The number of aryl methyl sites for hydroxylation is 1. The van der Waals surface area contributed by atoms with E-state index in [1.165, 1.54) is 18.3 Å². The van der Waals surface area contributed by atoms with Gasteiger partial charge in [-0.05, 0) is 19.1 Å². The third-order valence-corrected chi connectivity index (χ3v) is 3.56. The van der Waals surface area contributed by atoms with E-state index in [9.17, 15) is 8.42 Å². The summed E-state index contributed by atoms with van der Waals surface area (Å²) in [6, 6.07) is 2.83. The van der Waals surface area contributed by atoms with E-state index in [-0.39, 0.29) is 17.3 Å². The summed E-state index contributed by atoms with van der Waals surface area (Å²) < 4.78 is 31.0. The molecule has 0 saturated heterocycles. The molecule has 9 nitrogen and oxygen atoms in total. The van der Waals surface area contributed by atoms with Gasteiger partial charge in [-0.1, -0.05) is 5.16 Å². The molecule has 0 spiro atoms. The molecule has 0 saturated carbocycles. The standard InChI is InChI=1S/C9H12N6O3S/c1-6-13-9(18-15-6)5-12-19(16,17)7-2-3-8(14-10)11-4-7/h2-4,12H,5,10H2,1H3,(H,11,14). The Labute approximate surface area is 109 Å². The van der Waals surface area contributed by atoms with Crippen LogP contribution in [0.1, 0.15) is 11.7 Å². The monoisotopic (exact) mass is 284 g/mol. The van der Waals surface area contributed by atoms with Crippen molar-refractivity contribution in [3.63, 3.8) is 0 Å². The lowest BCUT2D eigenvalue weighted by atomic mass is 10.5. The minimum absolute atomic E-state index is 0.0164. The molecule has 2 aromatic heterocycles. The molecule has 0 bridgehead atoms. The molecule has 0 aliphatic rings. The second-order valence-electron chi connectivity index (χ2n) is 3.58.